The van der Waals surface area contributed by atoms with Crippen LogP contribution in [0.1, 0.15) is 24.3 Å². The summed E-state index contributed by atoms with van der Waals surface area (Å²) < 4.78 is 23.6. The molecule has 3 aromatic rings. The van der Waals surface area contributed by atoms with Crippen molar-refractivity contribution in [2.75, 3.05) is 20.2 Å². The molecule has 4 rings (SSSR count). The van der Waals surface area contributed by atoms with Gasteiger partial charge in [0, 0.05) is 35.7 Å². The number of hydrogen-bond acceptors (Lipinski definition) is 6. The Hall–Kier alpha value is -3.52. The fraction of sp³-hybridized carbons (Fsp3) is 0.280. The van der Waals surface area contributed by atoms with Crippen LogP contribution in [0.5, 0.6) is 0 Å². The van der Waals surface area contributed by atoms with Crippen LogP contribution in [-0.2, 0) is 19.1 Å². The van der Waals surface area contributed by atoms with E-state index in [-0.39, 0.29) is 22.5 Å². The zero-order chi connectivity index (χ0) is 24.4. The summed E-state index contributed by atoms with van der Waals surface area (Å²) in [5.41, 5.74) is 0.781. The maximum Gasteiger partial charge on any atom is 0.336 e. The predicted molar refractivity (Wildman–Crippen MR) is 123 cm³/mol. The number of halogens is 2. The Bertz CT molecular complexity index is 1330. The lowest BCUT2D eigenvalue weighted by Crippen LogP contribution is -2.43. The Morgan fingerprint density at radius 2 is 1.88 bits per heavy atom. The highest BCUT2D eigenvalue weighted by Gasteiger charge is 2.32. The summed E-state index contributed by atoms with van der Waals surface area (Å²) in [6, 6.07) is 9.84. The van der Waals surface area contributed by atoms with Crippen LogP contribution in [0.15, 0.2) is 51.7 Å². The average Bonchev–Trinajstić information content (AvgIpc) is 2.83. The minimum absolute atomic E-state index is 0.132. The number of piperidine rings is 1. The van der Waals surface area contributed by atoms with E-state index < -0.39 is 23.3 Å². The van der Waals surface area contributed by atoms with Gasteiger partial charge in [-0.25, -0.2) is 9.18 Å². The first-order valence-electron chi connectivity index (χ1n) is 10.7. The SMILES string of the molecule is COC(=O)C1CCN(C(=O)[C@@H](C=O)c2ccc3c(-c4ccc(F)cc4Cl)cc(=O)oc3c2)CC1. The number of ether oxygens (including phenoxy) is 1. The van der Waals surface area contributed by atoms with Gasteiger partial charge in [0.25, 0.3) is 0 Å². The van der Waals surface area contributed by atoms with Crippen molar-refractivity contribution in [3.8, 4) is 11.1 Å². The van der Waals surface area contributed by atoms with Gasteiger partial charge in [-0.2, -0.15) is 0 Å². The Balaban J connectivity index is 1.65. The number of nitrogens with zero attached hydrogens (tertiary/aromatic N) is 1. The molecule has 1 fully saturated rings. The molecule has 9 heteroatoms. The first-order valence-corrected chi connectivity index (χ1v) is 11.0. The van der Waals surface area contributed by atoms with Gasteiger partial charge in [0.15, 0.2) is 0 Å². The van der Waals surface area contributed by atoms with Crippen LogP contribution in [0.2, 0.25) is 5.02 Å². The smallest absolute Gasteiger partial charge is 0.336 e. The molecular weight excluding hydrogens is 465 g/mol. The second kappa shape index (κ2) is 9.77. The molecule has 1 aromatic heterocycles. The van der Waals surface area contributed by atoms with E-state index in [9.17, 15) is 23.6 Å². The number of methoxy groups -OCH3 is 1. The minimum Gasteiger partial charge on any atom is -0.469 e. The topological polar surface area (TPSA) is 93.9 Å². The van der Waals surface area contributed by atoms with Gasteiger partial charge < -0.3 is 18.8 Å². The van der Waals surface area contributed by atoms with E-state index in [0.717, 1.165) is 6.07 Å². The molecule has 1 aliphatic heterocycles. The Labute approximate surface area is 199 Å². The molecule has 1 amide bonds. The lowest BCUT2D eigenvalue weighted by molar-refractivity contribution is -0.149. The van der Waals surface area contributed by atoms with Crippen LogP contribution in [0, 0.1) is 11.7 Å². The van der Waals surface area contributed by atoms with E-state index in [4.69, 9.17) is 20.8 Å². The van der Waals surface area contributed by atoms with E-state index >= 15 is 0 Å². The molecule has 0 unspecified atom stereocenters. The van der Waals surface area contributed by atoms with Crippen molar-refractivity contribution in [2.24, 2.45) is 5.92 Å². The maximum atomic E-state index is 13.5. The second-order valence-corrected chi connectivity index (χ2v) is 8.50. The van der Waals surface area contributed by atoms with Crippen LogP contribution < -0.4 is 5.63 Å². The number of rotatable bonds is 5. The predicted octanol–water partition coefficient (Wildman–Crippen LogP) is 3.95. The standard InChI is InChI=1S/C25H21ClFNO6/c1-33-25(32)14-6-8-28(9-7-14)24(31)20(13-29)15-2-4-18-19(12-23(30)34-22(18)10-15)17-5-3-16(27)11-21(17)26/h2-5,10-14,20H,6-9H2,1H3/t20-/m0/s1. The summed E-state index contributed by atoms with van der Waals surface area (Å²) >= 11 is 6.19. The first kappa shape index (κ1) is 23.6. The van der Waals surface area contributed by atoms with Crippen molar-refractivity contribution in [3.05, 3.63) is 69.3 Å². The van der Waals surface area contributed by atoms with Gasteiger partial charge in [0.1, 0.15) is 23.6 Å². The molecule has 1 saturated heterocycles. The summed E-state index contributed by atoms with van der Waals surface area (Å²) in [4.78, 5) is 50.5. The molecule has 1 atom stereocenters. The molecule has 0 bridgehead atoms. The van der Waals surface area contributed by atoms with Gasteiger partial charge >= 0.3 is 11.6 Å². The summed E-state index contributed by atoms with van der Waals surface area (Å²) in [6.45, 7) is 0.664. The second-order valence-electron chi connectivity index (χ2n) is 8.10. The zero-order valence-corrected chi connectivity index (χ0v) is 19.0. The number of carbonyl (C=O) groups is 3. The fourth-order valence-corrected chi connectivity index (χ4v) is 4.55. The van der Waals surface area contributed by atoms with Gasteiger partial charge in [0.05, 0.1) is 18.1 Å². The summed E-state index contributed by atoms with van der Waals surface area (Å²) in [5, 5.41) is 0.653. The molecule has 1 aliphatic rings. The minimum atomic E-state index is -1.09. The van der Waals surface area contributed by atoms with Crippen LogP contribution in [0.3, 0.4) is 0 Å². The van der Waals surface area contributed by atoms with Gasteiger partial charge in [-0.15, -0.1) is 0 Å². The molecular formula is C25H21ClFNO6. The van der Waals surface area contributed by atoms with E-state index in [1.165, 1.54) is 31.4 Å². The maximum absolute atomic E-state index is 13.5. The number of aldehydes is 1. The highest BCUT2D eigenvalue weighted by Crippen LogP contribution is 2.34. The third-order valence-electron chi connectivity index (χ3n) is 6.09. The van der Waals surface area contributed by atoms with Gasteiger partial charge in [-0.1, -0.05) is 23.7 Å². The molecule has 0 spiro atoms. The number of hydrogen-bond donors (Lipinski definition) is 0. The molecule has 0 saturated carbocycles. The van der Waals surface area contributed by atoms with Gasteiger partial charge in [0.2, 0.25) is 5.91 Å². The zero-order valence-electron chi connectivity index (χ0n) is 18.3. The van der Waals surface area contributed by atoms with Crippen molar-refractivity contribution in [3.63, 3.8) is 0 Å². The highest BCUT2D eigenvalue weighted by molar-refractivity contribution is 6.33. The number of carbonyl (C=O) groups excluding carboxylic acids is 3. The highest BCUT2D eigenvalue weighted by atomic mass is 35.5. The molecule has 0 radical (unpaired) electrons. The molecule has 34 heavy (non-hydrogen) atoms. The largest absolute Gasteiger partial charge is 0.469 e. The lowest BCUT2D eigenvalue weighted by atomic mass is 9.93. The third kappa shape index (κ3) is 4.59. The molecule has 2 heterocycles. The molecule has 176 valence electrons. The Kier molecular flexibility index (Phi) is 6.79. The van der Waals surface area contributed by atoms with Gasteiger partial charge in [-0.3, -0.25) is 9.59 Å². The van der Waals surface area contributed by atoms with E-state index in [1.54, 1.807) is 17.0 Å². The number of likely N-dealkylation sites (tertiary alicyclic amines) is 1. The Morgan fingerprint density at radius 1 is 1.15 bits per heavy atom. The number of benzene rings is 2. The Morgan fingerprint density at radius 3 is 2.53 bits per heavy atom. The molecule has 0 aliphatic carbocycles. The van der Waals surface area contributed by atoms with E-state index in [2.05, 4.69) is 0 Å². The average molecular weight is 486 g/mol. The number of esters is 1. The van der Waals surface area contributed by atoms with E-state index in [1.807, 2.05) is 0 Å². The van der Waals surface area contributed by atoms with Crippen LogP contribution >= 0.6 is 11.6 Å². The third-order valence-corrected chi connectivity index (χ3v) is 6.40. The van der Waals surface area contributed by atoms with Crippen molar-refractivity contribution >= 4 is 40.7 Å². The summed E-state index contributed by atoms with van der Waals surface area (Å²) in [7, 11) is 1.33. The lowest BCUT2D eigenvalue weighted by Gasteiger charge is -2.32. The fourth-order valence-electron chi connectivity index (χ4n) is 4.28. The van der Waals surface area contributed by atoms with Crippen LogP contribution in [-0.4, -0.2) is 43.3 Å². The van der Waals surface area contributed by atoms with Crippen molar-refractivity contribution in [1.82, 2.24) is 4.90 Å². The number of fused-ring (bicyclic) bond motifs is 1. The van der Waals surface area contributed by atoms with Crippen molar-refractivity contribution in [1.29, 1.82) is 0 Å². The van der Waals surface area contributed by atoms with Crippen LogP contribution in [0.4, 0.5) is 4.39 Å². The summed E-state index contributed by atoms with van der Waals surface area (Å²) in [6.07, 6.45) is 1.46. The molecule has 7 nitrogen and oxygen atoms in total. The molecule has 2 aromatic carbocycles. The van der Waals surface area contributed by atoms with Crippen molar-refractivity contribution < 1.29 is 27.9 Å². The number of amides is 1. The van der Waals surface area contributed by atoms with Crippen LogP contribution in [0.25, 0.3) is 22.1 Å². The quantitative estimate of drug-likeness (QED) is 0.235. The van der Waals surface area contributed by atoms with Crippen molar-refractivity contribution in [2.45, 2.75) is 18.8 Å². The monoisotopic (exact) mass is 485 g/mol. The summed E-state index contributed by atoms with van der Waals surface area (Å²) in [5.74, 6) is -2.57. The van der Waals surface area contributed by atoms with Gasteiger partial charge in [-0.05, 0) is 42.7 Å². The normalized spacial score (nSPS) is 15.2. The first-order chi connectivity index (χ1) is 16.3. The molecule has 0 N–H and O–H groups in total. The van der Waals surface area contributed by atoms with E-state index in [0.29, 0.717) is 54.3 Å².